The zero-order valence-electron chi connectivity index (χ0n) is 12.7. The fraction of sp³-hybridized carbons (Fsp3) is 0.647. The molecule has 1 aromatic rings. The quantitative estimate of drug-likeness (QED) is 0.893. The molecule has 1 saturated carbocycles. The third-order valence-corrected chi connectivity index (χ3v) is 4.55. The van der Waals surface area contributed by atoms with Crippen LogP contribution in [0.1, 0.15) is 36.8 Å². The predicted octanol–water partition coefficient (Wildman–Crippen LogP) is 2.86. The van der Waals surface area contributed by atoms with E-state index in [1.54, 1.807) is 0 Å². The molecule has 1 aliphatic carbocycles. The van der Waals surface area contributed by atoms with Gasteiger partial charge in [-0.15, -0.1) is 0 Å². The first-order chi connectivity index (χ1) is 9.74. The third kappa shape index (κ3) is 3.33. The molecule has 0 amide bonds. The summed E-state index contributed by atoms with van der Waals surface area (Å²) in [5, 5.41) is 3.58. The molecule has 20 heavy (non-hydrogen) atoms. The van der Waals surface area contributed by atoms with Crippen molar-refractivity contribution in [2.24, 2.45) is 0 Å². The number of benzene rings is 1. The SMILES string of the molecule is Cc1cc(CNC2CC2)ccc1N(C)C1CCOCC1. The molecule has 1 saturated heterocycles. The van der Waals surface area contributed by atoms with Crippen LogP contribution >= 0.6 is 0 Å². The lowest BCUT2D eigenvalue weighted by Crippen LogP contribution is -2.37. The standard InChI is InChI=1S/C17H26N2O/c1-13-11-14(12-18-15-4-5-15)3-6-17(13)19(2)16-7-9-20-10-8-16/h3,6,11,15-16,18H,4-5,7-10,12H2,1-2H3. The monoisotopic (exact) mass is 274 g/mol. The van der Waals surface area contributed by atoms with Crippen molar-refractivity contribution in [2.75, 3.05) is 25.2 Å². The van der Waals surface area contributed by atoms with Crippen LogP contribution in [0.2, 0.25) is 0 Å². The van der Waals surface area contributed by atoms with Crippen LogP contribution in [-0.4, -0.2) is 32.3 Å². The largest absolute Gasteiger partial charge is 0.381 e. The molecule has 3 nitrogen and oxygen atoms in total. The number of hydrogen-bond acceptors (Lipinski definition) is 3. The fourth-order valence-electron chi connectivity index (χ4n) is 3.04. The predicted molar refractivity (Wildman–Crippen MR) is 83.3 cm³/mol. The minimum Gasteiger partial charge on any atom is -0.381 e. The molecule has 1 aromatic carbocycles. The molecule has 3 rings (SSSR count). The van der Waals surface area contributed by atoms with Gasteiger partial charge in [0.25, 0.3) is 0 Å². The van der Waals surface area contributed by atoms with Crippen molar-refractivity contribution in [3.8, 4) is 0 Å². The van der Waals surface area contributed by atoms with E-state index in [0.29, 0.717) is 6.04 Å². The van der Waals surface area contributed by atoms with E-state index in [9.17, 15) is 0 Å². The fourth-order valence-corrected chi connectivity index (χ4v) is 3.04. The lowest BCUT2D eigenvalue weighted by molar-refractivity contribution is 0.0854. The summed E-state index contributed by atoms with van der Waals surface area (Å²) in [7, 11) is 2.22. The zero-order valence-corrected chi connectivity index (χ0v) is 12.7. The summed E-state index contributed by atoms with van der Waals surface area (Å²) < 4.78 is 5.46. The molecule has 0 unspecified atom stereocenters. The van der Waals surface area contributed by atoms with Crippen LogP contribution in [0.5, 0.6) is 0 Å². The first kappa shape index (κ1) is 13.9. The van der Waals surface area contributed by atoms with Gasteiger partial charge in [0.05, 0.1) is 0 Å². The summed E-state index contributed by atoms with van der Waals surface area (Å²) >= 11 is 0. The van der Waals surface area contributed by atoms with Crippen molar-refractivity contribution in [1.82, 2.24) is 5.32 Å². The molecule has 1 heterocycles. The number of hydrogen-bond donors (Lipinski definition) is 1. The molecule has 2 aliphatic rings. The lowest BCUT2D eigenvalue weighted by Gasteiger charge is -2.34. The van der Waals surface area contributed by atoms with Crippen LogP contribution in [0.25, 0.3) is 0 Å². The summed E-state index contributed by atoms with van der Waals surface area (Å²) in [5.41, 5.74) is 4.15. The van der Waals surface area contributed by atoms with E-state index in [-0.39, 0.29) is 0 Å². The van der Waals surface area contributed by atoms with Gasteiger partial charge in [-0.25, -0.2) is 0 Å². The van der Waals surface area contributed by atoms with Crippen molar-refractivity contribution in [3.05, 3.63) is 29.3 Å². The van der Waals surface area contributed by atoms with Gasteiger partial charge in [-0.1, -0.05) is 12.1 Å². The Labute approximate surface area is 122 Å². The lowest BCUT2D eigenvalue weighted by atomic mass is 10.0. The highest BCUT2D eigenvalue weighted by Crippen LogP contribution is 2.26. The van der Waals surface area contributed by atoms with Crippen molar-refractivity contribution in [1.29, 1.82) is 0 Å². The van der Waals surface area contributed by atoms with E-state index in [2.05, 4.69) is 42.4 Å². The van der Waals surface area contributed by atoms with Crippen LogP contribution in [-0.2, 0) is 11.3 Å². The van der Waals surface area contributed by atoms with Crippen LogP contribution in [0.3, 0.4) is 0 Å². The maximum Gasteiger partial charge on any atom is 0.0485 e. The second-order valence-corrected chi connectivity index (χ2v) is 6.23. The summed E-state index contributed by atoms with van der Waals surface area (Å²) in [4.78, 5) is 2.44. The number of nitrogens with one attached hydrogen (secondary N) is 1. The van der Waals surface area contributed by atoms with Gasteiger partial charge < -0.3 is 15.0 Å². The minimum absolute atomic E-state index is 0.623. The molecule has 1 N–H and O–H groups in total. The van der Waals surface area contributed by atoms with Crippen LogP contribution in [0.15, 0.2) is 18.2 Å². The molecule has 0 aromatic heterocycles. The molecule has 1 aliphatic heterocycles. The van der Waals surface area contributed by atoms with Gasteiger partial charge in [0.15, 0.2) is 0 Å². The maximum absolute atomic E-state index is 5.46. The Bertz CT molecular complexity index is 450. The first-order valence-corrected chi connectivity index (χ1v) is 7.87. The molecule has 0 bridgehead atoms. The van der Waals surface area contributed by atoms with E-state index in [4.69, 9.17) is 4.74 Å². The van der Waals surface area contributed by atoms with Crippen molar-refractivity contribution in [2.45, 2.75) is 51.2 Å². The van der Waals surface area contributed by atoms with E-state index >= 15 is 0 Å². The third-order valence-electron chi connectivity index (χ3n) is 4.55. The number of rotatable bonds is 5. The number of ether oxygens (including phenoxy) is 1. The first-order valence-electron chi connectivity index (χ1n) is 7.87. The molecule has 0 atom stereocenters. The maximum atomic E-state index is 5.46. The Morgan fingerprint density at radius 2 is 1.95 bits per heavy atom. The number of aryl methyl sites for hydroxylation is 1. The molecule has 110 valence electrons. The Morgan fingerprint density at radius 3 is 2.60 bits per heavy atom. The Hall–Kier alpha value is -1.06. The second-order valence-electron chi connectivity index (χ2n) is 6.23. The average molecular weight is 274 g/mol. The van der Waals surface area contributed by atoms with Crippen molar-refractivity contribution in [3.63, 3.8) is 0 Å². The van der Waals surface area contributed by atoms with Crippen LogP contribution < -0.4 is 10.2 Å². The van der Waals surface area contributed by atoms with Gasteiger partial charge in [-0.3, -0.25) is 0 Å². The van der Waals surface area contributed by atoms with E-state index in [1.807, 2.05) is 0 Å². The highest BCUT2D eigenvalue weighted by Gasteiger charge is 2.21. The highest BCUT2D eigenvalue weighted by atomic mass is 16.5. The van der Waals surface area contributed by atoms with Gasteiger partial charge in [-0.05, 0) is 49.8 Å². The number of nitrogens with zero attached hydrogens (tertiary/aromatic N) is 1. The zero-order chi connectivity index (χ0) is 13.9. The smallest absolute Gasteiger partial charge is 0.0485 e. The molecule has 2 fully saturated rings. The van der Waals surface area contributed by atoms with E-state index < -0.39 is 0 Å². The summed E-state index contributed by atoms with van der Waals surface area (Å²) in [6, 6.07) is 8.29. The second kappa shape index (κ2) is 6.15. The molecule has 3 heteroatoms. The van der Waals surface area contributed by atoms with Gasteiger partial charge in [0.2, 0.25) is 0 Å². The Balaban J connectivity index is 1.65. The van der Waals surface area contributed by atoms with E-state index in [0.717, 1.165) is 38.6 Å². The van der Waals surface area contributed by atoms with Crippen molar-refractivity contribution < 1.29 is 4.74 Å². The molecular formula is C17H26N2O. The van der Waals surface area contributed by atoms with Gasteiger partial charge in [-0.2, -0.15) is 0 Å². The van der Waals surface area contributed by atoms with Gasteiger partial charge in [0, 0.05) is 44.6 Å². The average Bonchev–Trinajstić information content (AvgIpc) is 3.30. The summed E-state index contributed by atoms with van der Waals surface area (Å²) in [6.07, 6.45) is 4.98. The van der Waals surface area contributed by atoms with Crippen LogP contribution in [0.4, 0.5) is 5.69 Å². The normalized spacial score (nSPS) is 20.1. The molecular weight excluding hydrogens is 248 g/mol. The van der Waals surface area contributed by atoms with Crippen molar-refractivity contribution >= 4 is 5.69 Å². The van der Waals surface area contributed by atoms with E-state index in [1.165, 1.54) is 29.7 Å². The summed E-state index contributed by atoms with van der Waals surface area (Å²) in [6.45, 7) is 5.04. The minimum atomic E-state index is 0.623. The van der Waals surface area contributed by atoms with Gasteiger partial charge >= 0.3 is 0 Å². The number of anilines is 1. The topological polar surface area (TPSA) is 24.5 Å². The Morgan fingerprint density at radius 1 is 1.20 bits per heavy atom. The molecule has 0 spiro atoms. The molecule has 0 radical (unpaired) electrons. The Kier molecular flexibility index (Phi) is 4.27. The summed E-state index contributed by atoms with van der Waals surface area (Å²) in [5.74, 6) is 0. The highest BCUT2D eigenvalue weighted by molar-refractivity contribution is 5.54. The van der Waals surface area contributed by atoms with Crippen LogP contribution in [0, 0.1) is 6.92 Å². The van der Waals surface area contributed by atoms with Gasteiger partial charge in [0.1, 0.15) is 0 Å².